The van der Waals surface area contributed by atoms with E-state index in [0.29, 0.717) is 30.4 Å². The molecule has 5 rings (SSSR count). The second-order valence-electron chi connectivity index (χ2n) is 7.30. The van der Waals surface area contributed by atoms with Crippen molar-refractivity contribution in [1.29, 1.82) is 0 Å². The predicted molar refractivity (Wildman–Crippen MR) is 107 cm³/mol. The van der Waals surface area contributed by atoms with Crippen molar-refractivity contribution in [3.63, 3.8) is 0 Å². The number of piperidine rings is 1. The van der Waals surface area contributed by atoms with Crippen LogP contribution in [-0.2, 0) is 0 Å². The molecule has 2 aliphatic rings. The molecule has 2 aromatic heterocycles. The standard InChI is InChI=1S/C21H21N5O2/c27-20(15-11-14-3-1-2-4-17(14)23-12-15)26-9-6-13(7-10-26)16-5-8-22-19-18(16)24-21(28)25-19/h1-5,8,11-13,21,24,28H,6-7,9-10H2,(H,22,25). The van der Waals surface area contributed by atoms with Gasteiger partial charge in [0.2, 0.25) is 6.35 Å². The second-order valence-corrected chi connectivity index (χ2v) is 7.30. The zero-order chi connectivity index (χ0) is 19.1. The SMILES string of the molecule is O=C(c1cnc2ccccc2c1)N1CCC(c2ccnc3c2NC(O)N3)CC1. The Morgan fingerprint density at radius 3 is 2.79 bits per heavy atom. The van der Waals surface area contributed by atoms with Gasteiger partial charge in [0.25, 0.3) is 5.91 Å². The number of anilines is 2. The third-order valence-electron chi connectivity index (χ3n) is 5.60. The maximum absolute atomic E-state index is 12.9. The molecule has 3 N–H and O–H groups in total. The zero-order valence-corrected chi connectivity index (χ0v) is 15.3. The number of para-hydroxylation sites is 1. The largest absolute Gasteiger partial charge is 0.357 e. The molecule has 1 unspecified atom stereocenters. The van der Waals surface area contributed by atoms with E-state index in [9.17, 15) is 9.90 Å². The number of benzene rings is 1. The van der Waals surface area contributed by atoms with Crippen LogP contribution in [-0.4, -0.2) is 45.3 Å². The van der Waals surface area contributed by atoms with Crippen molar-refractivity contribution in [2.24, 2.45) is 0 Å². The predicted octanol–water partition coefficient (Wildman–Crippen LogP) is 2.76. The molecular formula is C21H21N5O2. The smallest absolute Gasteiger partial charge is 0.255 e. The average Bonchev–Trinajstić information content (AvgIpc) is 3.13. The van der Waals surface area contributed by atoms with Crippen molar-refractivity contribution < 1.29 is 9.90 Å². The lowest BCUT2D eigenvalue weighted by Crippen LogP contribution is -2.38. The highest BCUT2D eigenvalue weighted by Crippen LogP contribution is 2.38. The number of aliphatic hydroxyl groups is 1. The summed E-state index contributed by atoms with van der Waals surface area (Å²) in [5.74, 6) is 1.05. The van der Waals surface area contributed by atoms with Gasteiger partial charge in [-0.3, -0.25) is 9.78 Å². The Morgan fingerprint density at radius 1 is 1.11 bits per heavy atom. The van der Waals surface area contributed by atoms with E-state index in [1.54, 1.807) is 12.4 Å². The number of carbonyl (C=O) groups excluding carboxylic acids is 1. The Morgan fingerprint density at radius 2 is 1.93 bits per heavy atom. The van der Waals surface area contributed by atoms with Crippen LogP contribution in [0.5, 0.6) is 0 Å². The van der Waals surface area contributed by atoms with Crippen molar-refractivity contribution in [3.8, 4) is 0 Å². The molecule has 0 radical (unpaired) electrons. The summed E-state index contributed by atoms with van der Waals surface area (Å²) in [5, 5.41) is 16.7. The van der Waals surface area contributed by atoms with E-state index in [1.165, 1.54) is 0 Å². The monoisotopic (exact) mass is 375 g/mol. The molecular weight excluding hydrogens is 354 g/mol. The van der Waals surface area contributed by atoms with Crippen LogP contribution in [0.1, 0.15) is 34.7 Å². The lowest BCUT2D eigenvalue weighted by atomic mass is 9.88. The van der Waals surface area contributed by atoms with Crippen LogP contribution < -0.4 is 10.6 Å². The van der Waals surface area contributed by atoms with Crippen molar-refractivity contribution in [2.45, 2.75) is 25.1 Å². The fourth-order valence-corrected chi connectivity index (χ4v) is 4.14. The molecule has 1 atom stereocenters. The Kier molecular flexibility index (Phi) is 4.09. The summed E-state index contributed by atoms with van der Waals surface area (Å²) in [6.07, 6.45) is 4.38. The minimum atomic E-state index is -0.800. The molecule has 142 valence electrons. The molecule has 7 nitrogen and oxygen atoms in total. The number of aliphatic hydroxyl groups excluding tert-OH is 1. The summed E-state index contributed by atoms with van der Waals surface area (Å²) < 4.78 is 0. The summed E-state index contributed by atoms with van der Waals surface area (Å²) >= 11 is 0. The molecule has 7 heteroatoms. The first-order valence-corrected chi connectivity index (χ1v) is 9.53. The summed E-state index contributed by atoms with van der Waals surface area (Å²) in [5.41, 5.74) is 3.55. The number of likely N-dealkylation sites (tertiary alicyclic amines) is 1. The fraction of sp³-hybridized carbons (Fsp3) is 0.286. The van der Waals surface area contributed by atoms with Crippen molar-refractivity contribution in [3.05, 3.63) is 59.9 Å². The minimum absolute atomic E-state index is 0.0341. The van der Waals surface area contributed by atoms with E-state index in [0.717, 1.165) is 35.0 Å². The van der Waals surface area contributed by atoms with Crippen LogP contribution in [0.25, 0.3) is 10.9 Å². The summed E-state index contributed by atoms with van der Waals surface area (Å²) in [7, 11) is 0. The van der Waals surface area contributed by atoms with Crippen molar-refractivity contribution in [1.82, 2.24) is 14.9 Å². The van der Waals surface area contributed by atoms with E-state index in [-0.39, 0.29) is 5.91 Å². The Labute approximate surface area is 162 Å². The number of rotatable bonds is 2. The van der Waals surface area contributed by atoms with Gasteiger partial charge in [0, 0.05) is 30.9 Å². The number of carbonyl (C=O) groups is 1. The van der Waals surface area contributed by atoms with Gasteiger partial charge in [0.1, 0.15) is 0 Å². The number of hydrogen-bond acceptors (Lipinski definition) is 6. The van der Waals surface area contributed by atoms with Crippen LogP contribution in [0.2, 0.25) is 0 Å². The molecule has 0 spiro atoms. The Hall–Kier alpha value is -3.19. The molecule has 0 bridgehead atoms. The van der Waals surface area contributed by atoms with Gasteiger partial charge in [0.15, 0.2) is 5.82 Å². The number of fused-ring (bicyclic) bond motifs is 2. The molecule has 0 aliphatic carbocycles. The number of nitrogens with zero attached hydrogens (tertiary/aromatic N) is 3. The van der Waals surface area contributed by atoms with Crippen LogP contribution in [0.4, 0.5) is 11.5 Å². The van der Waals surface area contributed by atoms with Crippen LogP contribution >= 0.6 is 0 Å². The topological polar surface area (TPSA) is 90.4 Å². The lowest BCUT2D eigenvalue weighted by Gasteiger charge is -2.32. The van der Waals surface area contributed by atoms with Gasteiger partial charge in [-0.15, -0.1) is 0 Å². The first-order valence-electron chi connectivity index (χ1n) is 9.53. The first-order chi connectivity index (χ1) is 13.7. The highest BCUT2D eigenvalue weighted by Gasteiger charge is 2.29. The van der Waals surface area contributed by atoms with Crippen LogP contribution in [0, 0.1) is 0 Å². The van der Waals surface area contributed by atoms with Gasteiger partial charge < -0.3 is 20.6 Å². The molecule has 1 fully saturated rings. The van der Waals surface area contributed by atoms with E-state index in [2.05, 4.69) is 20.6 Å². The normalized spacial score (nSPS) is 19.2. The van der Waals surface area contributed by atoms with E-state index >= 15 is 0 Å². The Bertz CT molecular complexity index is 1050. The number of hydrogen-bond donors (Lipinski definition) is 3. The summed E-state index contributed by atoms with van der Waals surface area (Å²) in [6.45, 7) is 1.40. The highest BCUT2D eigenvalue weighted by molar-refractivity contribution is 5.97. The van der Waals surface area contributed by atoms with Gasteiger partial charge in [-0.05, 0) is 42.5 Å². The quantitative estimate of drug-likeness (QED) is 0.638. The molecule has 4 heterocycles. The van der Waals surface area contributed by atoms with Gasteiger partial charge >= 0.3 is 0 Å². The third-order valence-corrected chi connectivity index (χ3v) is 5.60. The molecule has 1 saturated heterocycles. The Balaban J connectivity index is 1.31. The number of amides is 1. The summed E-state index contributed by atoms with van der Waals surface area (Å²) in [6, 6.07) is 11.7. The molecule has 28 heavy (non-hydrogen) atoms. The lowest BCUT2D eigenvalue weighted by molar-refractivity contribution is 0.0713. The maximum atomic E-state index is 12.9. The fourth-order valence-electron chi connectivity index (χ4n) is 4.14. The van der Waals surface area contributed by atoms with E-state index in [1.807, 2.05) is 41.3 Å². The number of nitrogens with one attached hydrogen (secondary N) is 2. The average molecular weight is 375 g/mol. The minimum Gasteiger partial charge on any atom is -0.357 e. The van der Waals surface area contributed by atoms with Gasteiger partial charge in [-0.25, -0.2) is 4.98 Å². The second kappa shape index (κ2) is 6.76. The highest BCUT2D eigenvalue weighted by atomic mass is 16.3. The van der Waals surface area contributed by atoms with Crippen molar-refractivity contribution >= 4 is 28.3 Å². The molecule has 3 aromatic rings. The van der Waals surface area contributed by atoms with Gasteiger partial charge in [0.05, 0.1) is 16.8 Å². The third kappa shape index (κ3) is 2.93. The summed E-state index contributed by atoms with van der Waals surface area (Å²) in [4.78, 5) is 23.5. The zero-order valence-electron chi connectivity index (χ0n) is 15.3. The van der Waals surface area contributed by atoms with Gasteiger partial charge in [-0.1, -0.05) is 18.2 Å². The van der Waals surface area contributed by atoms with E-state index in [4.69, 9.17) is 0 Å². The molecule has 1 aromatic carbocycles. The molecule has 1 amide bonds. The number of aromatic nitrogens is 2. The molecule has 2 aliphatic heterocycles. The number of pyridine rings is 2. The van der Waals surface area contributed by atoms with Crippen molar-refractivity contribution in [2.75, 3.05) is 23.7 Å². The first kappa shape index (κ1) is 16.9. The van der Waals surface area contributed by atoms with Crippen LogP contribution in [0.3, 0.4) is 0 Å². The van der Waals surface area contributed by atoms with Crippen LogP contribution in [0.15, 0.2) is 48.8 Å². The molecule has 0 saturated carbocycles. The van der Waals surface area contributed by atoms with Gasteiger partial charge in [-0.2, -0.15) is 0 Å². The maximum Gasteiger partial charge on any atom is 0.255 e. The van der Waals surface area contributed by atoms with E-state index < -0.39 is 6.35 Å².